The van der Waals surface area contributed by atoms with Crippen molar-refractivity contribution in [3.63, 3.8) is 0 Å². The first-order valence-electron chi connectivity index (χ1n) is 26.7. The fraction of sp³-hybridized carbons (Fsp3) is 0.373. The normalized spacial score (nSPS) is 19.5. The van der Waals surface area contributed by atoms with Gasteiger partial charge in [-0.25, -0.2) is 0 Å². The largest absolute Gasteiger partial charge is 0.334 e. The minimum atomic E-state index is -0.154. The Labute approximate surface area is 427 Å². The Morgan fingerprint density at radius 2 is 0.887 bits per heavy atom. The van der Waals surface area contributed by atoms with Gasteiger partial charge in [-0.2, -0.15) is 0 Å². The fourth-order valence-electron chi connectivity index (χ4n) is 13.0. The predicted octanol–water partition coefficient (Wildman–Crippen LogP) is 16.7. The van der Waals surface area contributed by atoms with E-state index in [0.717, 1.165) is 12.8 Å². The quantitative estimate of drug-likeness (QED) is 0.163. The summed E-state index contributed by atoms with van der Waals surface area (Å²) in [5, 5.41) is 0. The standard InChI is InChI=1S/C67H76BN3/c1-43-20-16-17-21-52(43)44-22-33-56-53(38-44)66(14)36-18-19-37-67(66,15)71(56)51-41-59-61-60(42-51)70(50-31-25-46(26-32-50)63(5,6)7)58-35-28-48(65(11,12)13)40-55(58)68(61)54-39-47(64(8,9)10)27-34-57(54)69(59)49-29-23-45(24-30-49)62(2,3)4/h16-17,20-35,38-42H,18-19,36-37H2,1-15H3. The number of hydrogen-bond donors (Lipinski definition) is 0. The lowest BCUT2D eigenvalue weighted by atomic mass is 9.33. The molecule has 0 bridgehead atoms. The van der Waals surface area contributed by atoms with Gasteiger partial charge < -0.3 is 14.7 Å². The summed E-state index contributed by atoms with van der Waals surface area (Å²) in [5.74, 6) is 0. The molecule has 0 radical (unpaired) electrons. The molecular formula is C67H76BN3. The first kappa shape index (κ1) is 47.3. The molecule has 3 nitrogen and oxygen atoms in total. The van der Waals surface area contributed by atoms with Gasteiger partial charge in [-0.3, -0.25) is 0 Å². The summed E-state index contributed by atoms with van der Waals surface area (Å²) in [6.07, 6.45) is 4.74. The van der Waals surface area contributed by atoms with Crippen molar-refractivity contribution in [2.45, 2.75) is 162 Å². The summed E-state index contributed by atoms with van der Waals surface area (Å²) in [5.41, 5.74) is 24.8. The fourth-order valence-corrected chi connectivity index (χ4v) is 13.0. The second-order valence-electron chi connectivity index (χ2n) is 26.3. The van der Waals surface area contributed by atoms with Gasteiger partial charge in [0.2, 0.25) is 0 Å². The molecule has 0 saturated heterocycles. The van der Waals surface area contributed by atoms with Crippen LogP contribution in [0.4, 0.5) is 45.5 Å². The Kier molecular flexibility index (Phi) is 10.7. The van der Waals surface area contributed by atoms with Crippen molar-refractivity contribution in [2.75, 3.05) is 14.7 Å². The molecule has 362 valence electrons. The summed E-state index contributed by atoms with van der Waals surface area (Å²) in [7, 11) is 0. The molecule has 1 saturated carbocycles. The van der Waals surface area contributed by atoms with Crippen LogP contribution in [0.1, 0.15) is 156 Å². The summed E-state index contributed by atoms with van der Waals surface area (Å²) in [6.45, 7) is 35.5. The number of aryl methyl sites for hydroxylation is 1. The first-order valence-corrected chi connectivity index (χ1v) is 26.7. The topological polar surface area (TPSA) is 9.72 Å². The van der Waals surface area contributed by atoms with E-state index in [9.17, 15) is 0 Å². The molecule has 3 aliphatic heterocycles. The highest BCUT2D eigenvalue weighted by atomic mass is 15.3. The molecule has 1 aliphatic carbocycles. The van der Waals surface area contributed by atoms with Gasteiger partial charge in [-0.1, -0.05) is 182 Å². The predicted molar refractivity (Wildman–Crippen MR) is 308 cm³/mol. The highest BCUT2D eigenvalue weighted by molar-refractivity contribution is 7.00. The van der Waals surface area contributed by atoms with Crippen LogP contribution in [0.2, 0.25) is 0 Å². The Bertz CT molecular complexity index is 3090. The van der Waals surface area contributed by atoms with Gasteiger partial charge in [0.1, 0.15) is 0 Å². The lowest BCUT2D eigenvalue weighted by Crippen LogP contribution is -2.62. The second-order valence-corrected chi connectivity index (χ2v) is 26.3. The lowest BCUT2D eigenvalue weighted by molar-refractivity contribution is 0.195. The molecule has 0 aromatic heterocycles. The van der Waals surface area contributed by atoms with E-state index in [2.05, 4.69) is 258 Å². The third-order valence-corrected chi connectivity index (χ3v) is 17.6. The molecule has 1 fully saturated rings. The number of fused-ring (bicyclic) bond motifs is 7. The summed E-state index contributed by atoms with van der Waals surface area (Å²) >= 11 is 0. The van der Waals surface area contributed by atoms with Crippen LogP contribution in [0, 0.1) is 6.92 Å². The molecule has 2 atom stereocenters. The van der Waals surface area contributed by atoms with Crippen LogP contribution >= 0.6 is 0 Å². The van der Waals surface area contributed by atoms with Gasteiger partial charge in [-0.05, 0) is 170 Å². The maximum atomic E-state index is 2.81. The third kappa shape index (κ3) is 7.43. The van der Waals surface area contributed by atoms with Crippen LogP contribution in [-0.4, -0.2) is 12.3 Å². The summed E-state index contributed by atoms with van der Waals surface area (Å²) in [6, 6.07) is 55.4. The minimum absolute atomic E-state index is 0.0110. The van der Waals surface area contributed by atoms with Crippen LogP contribution < -0.4 is 31.1 Å². The van der Waals surface area contributed by atoms with Gasteiger partial charge in [0, 0.05) is 50.9 Å². The van der Waals surface area contributed by atoms with Crippen LogP contribution in [0.15, 0.2) is 140 Å². The van der Waals surface area contributed by atoms with Gasteiger partial charge in [0.15, 0.2) is 0 Å². The maximum absolute atomic E-state index is 2.81. The number of anilines is 8. The van der Waals surface area contributed by atoms with Crippen molar-refractivity contribution < 1.29 is 0 Å². The number of hydrogen-bond acceptors (Lipinski definition) is 3. The van der Waals surface area contributed by atoms with Crippen molar-refractivity contribution in [3.8, 4) is 11.1 Å². The van der Waals surface area contributed by atoms with Crippen LogP contribution in [0.25, 0.3) is 11.1 Å². The van der Waals surface area contributed by atoms with Crippen LogP contribution in [0.5, 0.6) is 0 Å². The van der Waals surface area contributed by atoms with Gasteiger partial charge in [0.25, 0.3) is 6.71 Å². The molecule has 0 N–H and O–H groups in total. The van der Waals surface area contributed by atoms with E-state index in [1.54, 1.807) is 0 Å². The average Bonchev–Trinajstić information content (AvgIpc) is 3.52. The number of nitrogens with zero attached hydrogens (tertiary/aromatic N) is 3. The van der Waals surface area contributed by atoms with Crippen LogP contribution in [0.3, 0.4) is 0 Å². The molecule has 7 aromatic carbocycles. The maximum Gasteiger partial charge on any atom is 0.252 e. The van der Waals surface area contributed by atoms with Crippen molar-refractivity contribution in [3.05, 3.63) is 173 Å². The average molecular weight is 934 g/mol. The van der Waals surface area contributed by atoms with E-state index in [1.165, 1.54) is 119 Å². The molecule has 71 heavy (non-hydrogen) atoms. The Morgan fingerprint density at radius 3 is 1.37 bits per heavy atom. The molecule has 0 spiro atoms. The Hall–Kier alpha value is -6.00. The number of benzene rings is 7. The van der Waals surface area contributed by atoms with E-state index in [4.69, 9.17) is 0 Å². The molecule has 4 heteroatoms. The zero-order valence-corrected chi connectivity index (χ0v) is 45.5. The lowest BCUT2D eigenvalue weighted by Gasteiger charge is -2.51. The van der Waals surface area contributed by atoms with E-state index >= 15 is 0 Å². The molecule has 0 amide bonds. The zero-order chi connectivity index (χ0) is 50.4. The van der Waals surface area contributed by atoms with E-state index < -0.39 is 0 Å². The molecular weight excluding hydrogens is 858 g/mol. The Morgan fingerprint density at radius 1 is 0.437 bits per heavy atom. The Balaban J connectivity index is 1.25. The third-order valence-electron chi connectivity index (χ3n) is 17.6. The van der Waals surface area contributed by atoms with Gasteiger partial charge in [-0.15, -0.1) is 0 Å². The highest BCUT2D eigenvalue weighted by Gasteiger charge is 2.58. The summed E-state index contributed by atoms with van der Waals surface area (Å²) < 4.78 is 0. The molecule has 4 aliphatic rings. The minimum Gasteiger partial charge on any atom is -0.334 e. The molecule has 11 rings (SSSR count). The second kappa shape index (κ2) is 16.0. The van der Waals surface area contributed by atoms with Crippen molar-refractivity contribution >= 4 is 68.6 Å². The molecule has 7 aromatic rings. The smallest absolute Gasteiger partial charge is 0.252 e. The van der Waals surface area contributed by atoms with Crippen LogP contribution in [-0.2, 0) is 27.1 Å². The van der Waals surface area contributed by atoms with Gasteiger partial charge in [0.05, 0.1) is 5.54 Å². The van der Waals surface area contributed by atoms with Crippen molar-refractivity contribution in [1.29, 1.82) is 0 Å². The SMILES string of the molecule is Cc1ccccc1-c1ccc2c(c1)C1(C)CCCCC1(C)N2c1cc2c3c(c1)N(c1ccc(C(C)(C)C)cc1)c1ccc(C(C)(C)C)cc1B3c1cc(C(C)(C)C)ccc1N2c1ccc(C(C)(C)C)cc1. The molecule has 3 heterocycles. The van der Waals surface area contributed by atoms with Crippen molar-refractivity contribution in [2.24, 2.45) is 0 Å². The first-order chi connectivity index (χ1) is 33.4. The van der Waals surface area contributed by atoms with Gasteiger partial charge >= 0.3 is 0 Å². The van der Waals surface area contributed by atoms with Crippen molar-refractivity contribution in [1.82, 2.24) is 0 Å². The van der Waals surface area contributed by atoms with E-state index in [-0.39, 0.29) is 39.3 Å². The summed E-state index contributed by atoms with van der Waals surface area (Å²) in [4.78, 5) is 8.08. The van der Waals surface area contributed by atoms with E-state index in [0.29, 0.717) is 0 Å². The molecule has 2 unspecified atom stereocenters. The number of rotatable bonds is 4. The highest BCUT2D eigenvalue weighted by Crippen LogP contribution is 2.62. The zero-order valence-electron chi connectivity index (χ0n) is 45.5. The monoisotopic (exact) mass is 934 g/mol. The van der Waals surface area contributed by atoms with E-state index in [1.807, 2.05) is 0 Å².